The van der Waals surface area contributed by atoms with E-state index in [0.717, 1.165) is 42.8 Å². The average Bonchev–Trinajstić information content (AvgIpc) is 3.32. The van der Waals surface area contributed by atoms with Crippen LogP contribution in [0.2, 0.25) is 0 Å². The first-order chi connectivity index (χ1) is 14.3. The van der Waals surface area contributed by atoms with E-state index in [-0.39, 0.29) is 23.4 Å². The van der Waals surface area contributed by atoms with Gasteiger partial charge in [-0.15, -0.1) is 0 Å². The smallest absolute Gasteiger partial charge is 0.262 e. The van der Waals surface area contributed by atoms with Crippen molar-refractivity contribution in [2.24, 2.45) is 0 Å². The number of nitrogens with zero attached hydrogens (tertiary/aromatic N) is 6. The molecule has 1 N–H and O–H groups in total. The van der Waals surface area contributed by atoms with Crippen molar-refractivity contribution in [3.05, 3.63) is 52.6 Å². The Labute approximate surface area is 165 Å². The summed E-state index contributed by atoms with van der Waals surface area (Å²) < 4.78 is 9.18. The molecule has 0 bridgehead atoms. The van der Waals surface area contributed by atoms with E-state index >= 15 is 0 Å². The van der Waals surface area contributed by atoms with Crippen molar-refractivity contribution in [2.75, 3.05) is 13.2 Å². The van der Waals surface area contributed by atoms with Crippen molar-refractivity contribution in [2.45, 2.75) is 43.6 Å². The molecule has 1 saturated heterocycles. The van der Waals surface area contributed by atoms with Crippen molar-refractivity contribution in [3.63, 3.8) is 0 Å². The second-order valence-corrected chi connectivity index (χ2v) is 7.90. The first kappa shape index (κ1) is 16.8. The molecule has 148 valence electrons. The number of imidazole rings is 1. The highest BCUT2D eigenvalue weighted by molar-refractivity contribution is 5.73. The van der Waals surface area contributed by atoms with Crippen LogP contribution in [0.25, 0.3) is 16.7 Å². The molecule has 2 fully saturated rings. The fraction of sp³-hybridized carbons (Fsp3) is 0.450. The summed E-state index contributed by atoms with van der Waals surface area (Å²) in [6, 6.07) is 4.06. The maximum absolute atomic E-state index is 12.7. The number of hydrogen-bond donors (Lipinski definition) is 1. The summed E-state index contributed by atoms with van der Waals surface area (Å²) >= 11 is 0. The zero-order valence-electron chi connectivity index (χ0n) is 15.9. The Balaban J connectivity index is 1.38. The number of rotatable bonds is 3. The summed E-state index contributed by atoms with van der Waals surface area (Å²) in [6.45, 7) is 1.43. The van der Waals surface area contributed by atoms with Gasteiger partial charge in [0.1, 0.15) is 11.2 Å². The van der Waals surface area contributed by atoms with Crippen LogP contribution in [0.4, 0.5) is 0 Å². The van der Waals surface area contributed by atoms with Gasteiger partial charge in [-0.2, -0.15) is 10.2 Å². The number of hydrogen-bond acceptors (Lipinski definition) is 6. The molecule has 4 aromatic rings. The summed E-state index contributed by atoms with van der Waals surface area (Å²) in [5, 5.41) is 9.34. The van der Waals surface area contributed by atoms with E-state index in [0.29, 0.717) is 24.2 Å². The molecular formula is C20H21N7O2. The van der Waals surface area contributed by atoms with E-state index in [1.54, 1.807) is 16.9 Å². The SMILES string of the molecule is O=c1[nH]c([C@H]2CC[C@H]2c2cn3ncccc3n2)nc2c1cnn2C1CCOCC1. The van der Waals surface area contributed by atoms with E-state index in [1.165, 1.54) is 0 Å². The van der Waals surface area contributed by atoms with Crippen LogP contribution in [-0.2, 0) is 4.74 Å². The maximum Gasteiger partial charge on any atom is 0.262 e. The third-order valence-corrected chi connectivity index (χ3v) is 6.28. The molecule has 6 rings (SSSR count). The zero-order chi connectivity index (χ0) is 19.4. The summed E-state index contributed by atoms with van der Waals surface area (Å²) in [4.78, 5) is 25.3. The molecule has 2 aliphatic rings. The minimum Gasteiger partial charge on any atom is -0.381 e. The van der Waals surface area contributed by atoms with Crippen LogP contribution in [0.3, 0.4) is 0 Å². The molecule has 29 heavy (non-hydrogen) atoms. The standard InChI is InChI=1S/C20H21N7O2/c28-20-15-10-22-27(12-5-8-29-9-6-12)19(15)24-18(25-20)14-4-3-13(14)16-11-26-17(23-16)2-1-7-21-26/h1-2,7,10-14H,3-6,8-9H2,(H,24,25,28)/t13-,14+/m1/s1. The molecule has 5 heterocycles. The van der Waals surface area contributed by atoms with Gasteiger partial charge in [-0.3, -0.25) is 4.79 Å². The minimum absolute atomic E-state index is 0.120. The number of nitrogens with one attached hydrogen (secondary N) is 1. The normalized spacial score (nSPS) is 22.9. The first-order valence-corrected chi connectivity index (χ1v) is 10.1. The van der Waals surface area contributed by atoms with E-state index < -0.39 is 0 Å². The Morgan fingerprint density at radius 1 is 1.07 bits per heavy atom. The summed E-state index contributed by atoms with van der Waals surface area (Å²) in [5.74, 6) is 1.12. The molecule has 4 aromatic heterocycles. The van der Waals surface area contributed by atoms with Crippen LogP contribution in [0, 0.1) is 0 Å². The van der Waals surface area contributed by atoms with Gasteiger partial charge in [0.05, 0.1) is 24.1 Å². The van der Waals surface area contributed by atoms with Gasteiger partial charge in [0.15, 0.2) is 11.3 Å². The quantitative estimate of drug-likeness (QED) is 0.574. The third-order valence-electron chi connectivity index (χ3n) is 6.28. The van der Waals surface area contributed by atoms with Crippen molar-refractivity contribution in [1.29, 1.82) is 0 Å². The molecule has 0 amide bonds. The molecule has 1 saturated carbocycles. The molecule has 0 radical (unpaired) electrons. The average molecular weight is 391 g/mol. The summed E-state index contributed by atoms with van der Waals surface area (Å²) in [5.41, 5.74) is 2.40. The number of aromatic amines is 1. The molecule has 9 nitrogen and oxygen atoms in total. The van der Waals surface area contributed by atoms with Gasteiger partial charge in [0, 0.05) is 31.2 Å². The zero-order valence-corrected chi connectivity index (χ0v) is 15.9. The Bertz CT molecular complexity index is 1220. The maximum atomic E-state index is 12.7. The highest BCUT2D eigenvalue weighted by atomic mass is 16.5. The van der Waals surface area contributed by atoms with E-state index in [9.17, 15) is 4.79 Å². The molecule has 9 heteroatoms. The molecule has 0 aromatic carbocycles. The molecule has 2 atom stereocenters. The fourth-order valence-corrected chi connectivity index (χ4v) is 4.53. The lowest BCUT2D eigenvalue weighted by Crippen LogP contribution is -2.27. The lowest BCUT2D eigenvalue weighted by atomic mass is 9.71. The van der Waals surface area contributed by atoms with Crippen molar-refractivity contribution >= 4 is 16.7 Å². The van der Waals surface area contributed by atoms with Gasteiger partial charge in [0.2, 0.25) is 0 Å². The van der Waals surface area contributed by atoms with Gasteiger partial charge in [-0.05, 0) is 37.8 Å². The first-order valence-electron chi connectivity index (χ1n) is 10.1. The number of aromatic nitrogens is 7. The predicted molar refractivity (Wildman–Crippen MR) is 105 cm³/mol. The van der Waals surface area contributed by atoms with Crippen molar-refractivity contribution in [3.8, 4) is 0 Å². The molecule has 1 aliphatic heterocycles. The largest absolute Gasteiger partial charge is 0.381 e. The van der Waals surface area contributed by atoms with Crippen LogP contribution >= 0.6 is 0 Å². The van der Waals surface area contributed by atoms with E-state index in [2.05, 4.69) is 15.2 Å². The molecular weight excluding hydrogens is 370 g/mol. The number of H-pyrrole nitrogens is 1. The topological polar surface area (TPSA) is 103 Å². The van der Waals surface area contributed by atoms with Crippen molar-refractivity contribution < 1.29 is 4.74 Å². The lowest BCUT2D eigenvalue weighted by Gasteiger charge is -2.34. The van der Waals surface area contributed by atoms with E-state index in [1.807, 2.05) is 23.0 Å². The minimum atomic E-state index is -0.120. The highest BCUT2D eigenvalue weighted by Crippen LogP contribution is 2.47. The molecule has 0 unspecified atom stereocenters. The third kappa shape index (κ3) is 2.68. The monoisotopic (exact) mass is 391 g/mol. The summed E-state index contributed by atoms with van der Waals surface area (Å²) in [7, 11) is 0. The van der Waals surface area contributed by atoms with Gasteiger partial charge >= 0.3 is 0 Å². The van der Waals surface area contributed by atoms with Gasteiger partial charge in [0.25, 0.3) is 5.56 Å². The van der Waals surface area contributed by atoms with E-state index in [4.69, 9.17) is 14.7 Å². The van der Waals surface area contributed by atoms with Crippen molar-refractivity contribution in [1.82, 2.24) is 34.3 Å². The summed E-state index contributed by atoms with van der Waals surface area (Å²) in [6.07, 6.45) is 9.14. The van der Waals surface area contributed by atoms with Crippen LogP contribution in [0.15, 0.2) is 35.5 Å². The fourth-order valence-electron chi connectivity index (χ4n) is 4.53. The van der Waals surface area contributed by atoms with Gasteiger partial charge in [-0.1, -0.05) is 0 Å². The second kappa shape index (κ2) is 6.48. The predicted octanol–water partition coefficient (Wildman–Crippen LogP) is 2.17. The Hall–Kier alpha value is -3.07. The molecule has 0 spiro atoms. The Kier molecular flexibility index (Phi) is 3.77. The Morgan fingerprint density at radius 3 is 2.72 bits per heavy atom. The second-order valence-electron chi connectivity index (χ2n) is 7.90. The molecule has 1 aliphatic carbocycles. The number of fused-ring (bicyclic) bond motifs is 2. The van der Waals surface area contributed by atoms with Crippen LogP contribution < -0.4 is 5.56 Å². The highest BCUT2D eigenvalue weighted by Gasteiger charge is 2.37. The van der Waals surface area contributed by atoms with Crippen LogP contribution in [0.1, 0.15) is 55.1 Å². The Morgan fingerprint density at radius 2 is 1.93 bits per heavy atom. The van der Waals surface area contributed by atoms with Crippen LogP contribution in [0.5, 0.6) is 0 Å². The van der Waals surface area contributed by atoms with Gasteiger partial charge in [-0.25, -0.2) is 19.2 Å². The number of ether oxygens (including phenoxy) is 1. The van der Waals surface area contributed by atoms with Gasteiger partial charge < -0.3 is 9.72 Å². The lowest BCUT2D eigenvalue weighted by molar-refractivity contribution is 0.0673. The van der Waals surface area contributed by atoms with Crippen LogP contribution in [-0.4, -0.2) is 47.6 Å².